The molecule has 10 aromatic carbocycles. The summed E-state index contributed by atoms with van der Waals surface area (Å²) >= 11 is 0. The maximum atomic E-state index is 6.54. The quantitative estimate of drug-likeness (QED) is 0.0782. The van der Waals surface area contributed by atoms with Gasteiger partial charge in [0.1, 0.15) is 5.75 Å². The van der Waals surface area contributed by atoms with Crippen molar-refractivity contribution in [3.63, 3.8) is 0 Å². The van der Waals surface area contributed by atoms with Crippen LogP contribution in [0.4, 0.5) is 0 Å². The highest BCUT2D eigenvalue weighted by Gasteiger charge is 2.70. The molecule has 0 heterocycles. The first kappa shape index (κ1) is 35.0. The molecule has 0 aliphatic heterocycles. The molecule has 0 aromatic heterocycles. The Morgan fingerprint density at radius 1 is 0.507 bits per heavy atom. The monoisotopic (exact) mass is 858 g/mol. The van der Waals surface area contributed by atoms with Gasteiger partial charge in [-0.15, -0.1) is 0 Å². The molecule has 320 valence electrons. The number of aryl methyl sites for hydroxylation is 1. The highest BCUT2D eigenvalue weighted by molar-refractivity contribution is 6.55. The first-order valence-corrected chi connectivity index (χ1v) is 26.5. The van der Waals surface area contributed by atoms with Gasteiger partial charge in [-0.05, 0) is 185 Å². The van der Waals surface area contributed by atoms with Crippen molar-refractivity contribution in [3.8, 4) is 5.75 Å². The van der Waals surface area contributed by atoms with E-state index >= 15 is 0 Å². The molecule has 1 nitrogen and oxygen atoms in total. The van der Waals surface area contributed by atoms with Crippen LogP contribution in [0.5, 0.6) is 5.75 Å². The lowest BCUT2D eigenvalue weighted by Gasteiger charge is -2.35. The molecule has 0 bridgehead atoms. The molecule has 0 saturated carbocycles. The lowest BCUT2D eigenvalue weighted by atomic mass is 9.66. The second-order valence-corrected chi connectivity index (χ2v) is 22.9. The summed E-state index contributed by atoms with van der Waals surface area (Å²) < 4.78 is 6.54. The standard InChI is InChI=1S/C66H50O/c1-3-4-5-6-7-8-9-10-11-12-29-67-33-19-17-32(18-20-33)66(31-15-13-30(2)14-16-31)64-50-40-27-25-38-36-23-21-34-35-22-24-37-39-26-28-41-49-47(39)54-45(37)43(35)52-42(34)44(36)53-46(38)48(40)55-57(50)58(51(41)65(64)66)56(49)63-61(54)59(52)60(53)62(55)63/h13-28,36,38,44,51,57-58H,3-12,29H2,1-2H3. The van der Waals surface area contributed by atoms with Gasteiger partial charge in [0.15, 0.2) is 0 Å². The van der Waals surface area contributed by atoms with Gasteiger partial charge in [-0.3, -0.25) is 0 Å². The van der Waals surface area contributed by atoms with E-state index in [0.717, 1.165) is 18.8 Å². The fourth-order valence-electron chi connectivity index (χ4n) is 18.3. The number of allylic oxidation sites excluding steroid dienone is 7. The topological polar surface area (TPSA) is 9.23 Å². The van der Waals surface area contributed by atoms with Crippen LogP contribution in [0.15, 0.2) is 108 Å². The van der Waals surface area contributed by atoms with E-state index in [4.69, 9.17) is 4.74 Å². The second kappa shape index (κ2) is 11.2. The summed E-state index contributed by atoms with van der Waals surface area (Å²) in [6.45, 7) is 5.36. The number of fused-ring (bicyclic) bond motifs is 6. The van der Waals surface area contributed by atoms with Crippen LogP contribution in [0.3, 0.4) is 0 Å². The van der Waals surface area contributed by atoms with E-state index in [1.54, 1.807) is 120 Å². The molecular weight excluding hydrogens is 809 g/mol. The molecule has 9 aliphatic carbocycles. The minimum absolute atomic E-state index is 0.287. The van der Waals surface area contributed by atoms with Gasteiger partial charge in [0, 0.05) is 29.6 Å². The van der Waals surface area contributed by atoms with Gasteiger partial charge in [0.2, 0.25) is 0 Å². The van der Waals surface area contributed by atoms with Crippen molar-refractivity contribution in [3.05, 3.63) is 169 Å². The number of benzene rings is 7. The number of unbranched alkanes of at least 4 members (excludes halogenated alkanes) is 9. The maximum absolute atomic E-state index is 6.54. The van der Waals surface area contributed by atoms with E-state index in [0.29, 0.717) is 35.5 Å². The maximum Gasteiger partial charge on any atom is 0.119 e. The minimum Gasteiger partial charge on any atom is -0.494 e. The number of hydrogen-bond acceptors (Lipinski definition) is 1. The van der Waals surface area contributed by atoms with Crippen molar-refractivity contribution in [1.29, 1.82) is 0 Å². The Kier molecular flexibility index (Phi) is 5.87. The van der Waals surface area contributed by atoms with Crippen LogP contribution < -0.4 is 4.74 Å². The van der Waals surface area contributed by atoms with Gasteiger partial charge >= 0.3 is 0 Å². The molecule has 0 amide bonds. The molecule has 7 atom stereocenters. The lowest BCUT2D eigenvalue weighted by Crippen LogP contribution is -2.21. The van der Waals surface area contributed by atoms with E-state index in [-0.39, 0.29) is 5.41 Å². The predicted molar refractivity (Wildman–Crippen MR) is 278 cm³/mol. The molecule has 9 aliphatic rings. The highest BCUT2D eigenvalue weighted by Crippen LogP contribution is 2.83. The third-order valence-corrected chi connectivity index (χ3v) is 20.4. The Labute approximate surface area is 390 Å². The highest BCUT2D eigenvalue weighted by atomic mass is 16.5. The molecule has 7 unspecified atom stereocenters. The van der Waals surface area contributed by atoms with Crippen molar-refractivity contribution in [2.75, 3.05) is 6.61 Å². The average molecular weight is 859 g/mol. The average Bonchev–Trinajstić information content (AvgIpc) is 3.95. The summed E-state index contributed by atoms with van der Waals surface area (Å²) in [6, 6.07) is 29.6. The van der Waals surface area contributed by atoms with Crippen molar-refractivity contribution in [1.82, 2.24) is 0 Å². The predicted octanol–water partition coefficient (Wildman–Crippen LogP) is 17.2. The zero-order valence-electron chi connectivity index (χ0n) is 38.4. The molecule has 0 saturated heterocycles. The van der Waals surface area contributed by atoms with Gasteiger partial charge < -0.3 is 4.74 Å². The van der Waals surface area contributed by atoms with E-state index in [2.05, 4.69) is 111 Å². The molecule has 0 radical (unpaired) electrons. The van der Waals surface area contributed by atoms with E-state index in [1.807, 2.05) is 0 Å². The lowest BCUT2D eigenvalue weighted by molar-refractivity contribution is 0.304. The van der Waals surface area contributed by atoms with Crippen molar-refractivity contribution in [2.24, 2.45) is 5.92 Å². The number of ether oxygens (including phenoxy) is 1. The first-order valence-electron chi connectivity index (χ1n) is 26.5. The molecule has 0 spiro atoms. The van der Waals surface area contributed by atoms with Gasteiger partial charge in [0.25, 0.3) is 0 Å². The SMILES string of the molecule is CCCCCCCCCCCCOc1ccc(C2(c3ccc(C)cc3)C3=C2C2c4ccc5c6ccc7c8c9c%10c7c6c6c5c4c4c5c7c%11c%12c%13c(c7c%10c56)C9C(C=C8)C%13C=CC%12=C3C%11C42)cc1. The third-order valence-electron chi connectivity index (χ3n) is 20.4. The van der Waals surface area contributed by atoms with Crippen LogP contribution in [0, 0.1) is 12.8 Å². The smallest absolute Gasteiger partial charge is 0.119 e. The summed E-state index contributed by atoms with van der Waals surface area (Å²) in [7, 11) is 0. The van der Waals surface area contributed by atoms with Crippen LogP contribution >= 0.6 is 0 Å². The van der Waals surface area contributed by atoms with Crippen molar-refractivity contribution in [2.45, 2.75) is 113 Å². The Hall–Kier alpha value is -6.18. The third kappa shape index (κ3) is 3.45. The largest absolute Gasteiger partial charge is 0.494 e. The van der Waals surface area contributed by atoms with E-state index < -0.39 is 0 Å². The van der Waals surface area contributed by atoms with Crippen LogP contribution in [0.2, 0.25) is 0 Å². The molecule has 0 fully saturated rings. The summed E-state index contributed by atoms with van der Waals surface area (Å²) in [4.78, 5) is 0. The van der Waals surface area contributed by atoms with E-state index in [1.165, 1.54) is 96.2 Å². The van der Waals surface area contributed by atoms with Crippen LogP contribution in [-0.2, 0) is 5.41 Å². The minimum atomic E-state index is -0.287. The molecule has 1 heteroatoms. The summed E-state index contributed by atoms with van der Waals surface area (Å²) in [5, 5.41) is 22.4. The van der Waals surface area contributed by atoms with E-state index in [9.17, 15) is 0 Å². The normalized spacial score (nSPS) is 26.2. The van der Waals surface area contributed by atoms with Crippen LogP contribution in [-0.4, -0.2) is 6.61 Å². The zero-order valence-corrected chi connectivity index (χ0v) is 38.4. The van der Waals surface area contributed by atoms with Crippen LogP contribution in [0.1, 0.15) is 162 Å². The Bertz CT molecular complexity index is 4130. The molecule has 19 rings (SSSR count). The van der Waals surface area contributed by atoms with Crippen molar-refractivity contribution < 1.29 is 4.74 Å². The number of rotatable bonds is 14. The number of hydrogen-bond donors (Lipinski definition) is 0. The Morgan fingerprint density at radius 2 is 1.15 bits per heavy atom. The fourth-order valence-corrected chi connectivity index (χ4v) is 18.3. The summed E-state index contributed by atoms with van der Waals surface area (Å²) in [6.07, 6.45) is 24.0. The first-order chi connectivity index (χ1) is 33.2. The molecule has 67 heavy (non-hydrogen) atoms. The summed E-state index contributed by atoms with van der Waals surface area (Å²) in [5.41, 5.74) is 23.9. The van der Waals surface area contributed by atoms with Crippen LogP contribution in [0.25, 0.3) is 87.1 Å². The fraction of sp³-hybridized carbons (Fsp3) is 0.303. The zero-order chi connectivity index (χ0) is 43.1. The second-order valence-electron chi connectivity index (χ2n) is 22.9. The molecule has 0 N–H and O–H groups in total. The Balaban J connectivity index is 0.827. The summed E-state index contributed by atoms with van der Waals surface area (Å²) in [5.74, 6) is 3.49. The molecular formula is C66H50O. The van der Waals surface area contributed by atoms with Crippen molar-refractivity contribution >= 4 is 87.1 Å². The van der Waals surface area contributed by atoms with Gasteiger partial charge in [0.05, 0.1) is 12.0 Å². The Morgan fingerprint density at radius 3 is 1.96 bits per heavy atom. The molecule has 10 aromatic rings. The van der Waals surface area contributed by atoms with Gasteiger partial charge in [-0.25, -0.2) is 0 Å². The van der Waals surface area contributed by atoms with Gasteiger partial charge in [-0.2, -0.15) is 0 Å². The van der Waals surface area contributed by atoms with Gasteiger partial charge in [-0.1, -0.05) is 155 Å².